The van der Waals surface area contributed by atoms with Crippen molar-refractivity contribution >= 4 is 17.3 Å². The van der Waals surface area contributed by atoms with E-state index in [0.29, 0.717) is 5.82 Å². The second kappa shape index (κ2) is 3.81. The lowest BCUT2D eigenvalue weighted by Crippen LogP contribution is -2.05. The molecule has 0 spiro atoms. The van der Waals surface area contributed by atoms with Crippen LogP contribution in [0.3, 0.4) is 0 Å². The summed E-state index contributed by atoms with van der Waals surface area (Å²) in [6, 6.07) is 1.12. The highest BCUT2D eigenvalue weighted by atomic mass is 16.6. The fourth-order valence-corrected chi connectivity index (χ4v) is 1.44. The number of aryl methyl sites for hydroxylation is 1. The van der Waals surface area contributed by atoms with Crippen LogP contribution in [0.4, 0.5) is 5.69 Å². The number of ether oxygens (including phenoxy) is 1. The van der Waals surface area contributed by atoms with E-state index in [1.54, 1.807) is 6.92 Å². The van der Waals surface area contributed by atoms with Gasteiger partial charge in [-0.3, -0.25) is 10.1 Å². The molecule has 0 fully saturated rings. The predicted molar refractivity (Wildman–Crippen MR) is 55.7 cm³/mol. The SMILES string of the molecule is COC(=O)c1cc([N+](=O)[O-])c2nc(C)nn2c1. The summed E-state index contributed by atoms with van der Waals surface area (Å²) in [6.45, 7) is 1.61. The zero-order valence-corrected chi connectivity index (χ0v) is 9.08. The van der Waals surface area contributed by atoms with Crippen molar-refractivity contribution in [2.75, 3.05) is 7.11 Å². The van der Waals surface area contributed by atoms with Gasteiger partial charge < -0.3 is 4.74 Å². The summed E-state index contributed by atoms with van der Waals surface area (Å²) >= 11 is 0. The molecule has 2 rings (SSSR count). The first-order valence-corrected chi connectivity index (χ1v) is 4.62. The number of methoxy groups -OCH3 is 1. The molecular weight excluding hydrogens is 228 g/mol. The Morgan fingerprint density at radius 3 is 2.88 bits per heavy atom. The Morgan fingerprint density at radius 2 is 2.29 bits per heavy atom. The van der Waals surface area contributed by atoms with Gasteiger partial charge in [-0.2, -0.15) is 5.10 Å². The van der Waals surface area contributed by atoms with Crippen molar-refractivity contribution in [3.63, 3.8) is 0 Å². The van der Waals surface area contributed by atoms with Gasteiger partial charge in [0.25, 0.3) is 0 Å². The summed E-state index contributed by atoms with van der Waals surface area (Å²) < 4.78 is 5.70. The van der Waals surface area contributed by atoms with Crippen LogP contribution in [-0.4, -0.2) is 32.6 Å². The van der Waals surface area contributed by atoms with E-state index in [9.17, 15) is 14.9 Å². The minimum atomic E-state index is -0.664. The number of rotatable bonds is 2. The van der Waals surface area contributed by atoms with Crippen molar-refractivity contribution < 1.29 is 14.5 Å². The number of hydrogen-bond donors (Lipinski definition) is 0. The monoisotopic (exact) mass is 236 g/mol. The Hall–Kier alpha value is -2.51. The number of carbonyl (C=O) groups is 1. The number of fused-ring (bicyclic) bond motifs is 1. The molecule has 0 radical (unpaired) electrons. The quantitative estimate of drug-likeness (QED) is 0.433. The molecule has 0 aliphatic rings. The van der Waals surface area contributed by atoms with Crippen molar-refractivity contribution in [3.05, 3.63) is 33.8 Å². The van der Waals surface area contributed by atoms with Crippen molar-refractivity contribution in [2.24, 2.45) is 0 Å². The summed E-state index contributed by atoms with van der Waals surface area (Å²) in [7, 11) is 1.20. The predicted octanol–water partition coefficient (Wildman–Crippen LogP) is 0.733. The van der Waals surface area contributed by atoms with E-state index in [2.05, 4.69) is 14.8 Å². The molecule has 0 saturated heterocycles. The van der Waals surface area contributed by atoms with E-state index in [1.807, 2.05) is 0 Å². The smallest absolute Gasteiger partial charge is 0.339 e. The molecule has 0 unspecified atom stereocenters. The molecule has 0 aromatic carbocycles. The van der Waals surface area contributed by atoms with Crippen LogP contribution in [0.5, 0.6) is 0 Å². The first kappa shape index (κ1) is 11.0. The van der Waals surface area contributed by atoms with Crippen LogP contribution in [0, 0.1) is 17.0 Å². The van der Waals surface area contributed by atoms with Gasteiger partial charge in [-0.05, 0) is 6.92 Å². The standard InChI is InChI=1S/C9H8N4O4/c1-5-10-8-7(13(15)16)3-6(9(14)17-2)4-12(8)11-5/h3-4H,1-2H3. The van der Waals surface area contributed by atoms with Crippen LogP contribution in [0.1, 0.15) is 16.2 Å². The van der Waals surface area contributed by atoms with Crippen LogP contribution in [0.2, 0.25) is 0 Å². The van der Waals surface area contributed by atoms with Crippen LogP contribution >= 0.6 is 0 Å². The first-order valence-electron chi connectivity index (χ1n) is 4.62. The molecule has 0 saturated carbocycles. The minimum absolute atomic E-state index is 0.0524. The van der Waals surface area contributed by atoms with E-state index in [1.165, 1.54) is 17.8 Å². The molecule has 88 valence electrons. The average molecular weight is 236 g/mol. The van der Waals surface area contributed by atoms with Crippen molar-refractivity contribution in [1.29, 1.82) is 0 Å². The largest absolute Gasteiger partial charge is 0.465 e. The maximum Gasteiger partial charge on any atom is 0.339 e. The summed E-state index contributed by atoms with van der Waals surface area (Å²) in [6.07, 6.45) is 1.34. The third kappa shape index (κ3) is 1.80. The van der Waals surface area contributed by atoms with Gasteiger partial charge in [0.05, 0.1) is 17.6 Å². The Bertz CT molecular complexity index is 619. The molecule has 17 heavy (non-hydrogen) atoms. The molecular formula is C9H8N4O4. The van der Waals surface area contributed by atoms with Gasteiger partial charge in [-0.25, -0.2) is 14.3 Å². The Balaban J connectivity index is 2.75. The fourth-order valence-electron chi connectivity index (χ4n) is 1.44. The van der Waals surface area contributed by atoms with Gasteiger partial charge in [0, 0.05) is 12.3 Å². The van der Waals surface area contributed by atoms with Gasteiger partial charge in [0.15, 0.2) is 0 Å². The molecule has 0 bridgehead atoms. The molecule has 0 N–H and O–H groups in total. The fraction of sp³-hybridized carbons (Fsp3) is 0.222. The van der Waals surface area contributed by atoms with Crippen LogP contribution in [0.15, 0.2) is 12.3 Å². The molecule has 2 aromatic heterocycles. The molecule has 8 nitrogen and oxygen atoms in total. The van der Waals surface area contributed by atoms with Crippen molar-refractivity contribution in [2.45, 2.75) is 6.92 Å². The first-order chi connectivity index (χ1) is 8.02. The lowest BCUT2D eigenvalue weighted by Gasteiger charge is -2.00. The second-order valence-corrected chi connectivity index (χ2v) is 3.29. The highest BCUT2D eigenvalue weighted by molar-refractivity contribution is 5.90. The van der Waals surface area contributed by atoms with Crippen LogP contribution < -0.4 is 0 Å². The number of pyridine rings is 1. The number of aromatic nitrogens is 3. The van der Waals surface area contributed by atoms with Gasteiger partial charge in [0.1, 0.15) is 5.82 Å². The van der Waals surface area contributed by atoms with Crippen LogP contribution in [-0.2, 0) is 4.74 Å². The van der Waals surface area contributed by atoms with E-state index in [-0.39, 0.29) is 16.9 Å². The Labute approximate surface area is 95.0 Å². The van der Waals surface area contributed by atoms with Crippen molar-refractivity contribution in [1.82, 2.24) is 14.6 Å². The Kier molecular flexibility index (Phi) is 2.47. The lowest BCUT2D eigenvalue weighted by atomic mass is 10.2. The topological polar surface area (TPSA) is 99.6 Å². The summed E-state index contributed by atoms with van der Waals surface area (Å²) in [5.41, 5.74) is -0.134. The number of esters is 1. The summed E-state index contributed by atoms with van der Waals surface area (Å²) in [4.78, 5) is 25.5. The lowest BCUT2D eigenvalue weighted by molar-refractivity contribution is -0.383. The number of nitrogens with zero attached hydrogens (tertiary/aromatic N) is 4. The van der Waals surface area contributed by atoms with E-state index in [0.717, 1.165) is 6.07 Å². The summed E-state index contributed by atoms with van der Waals surface area (Å²) in [5.74, 6) is -0.279. The van der Waals surface area contributed by atoms with Gasteiger partial charge in [-0.15, -0.1) is 0 Å². The highest BCUT2D eigenvalue weighted by Gasteiger charge is 2.20. The average Bonchev–Trinajstić information content (AvgIpc) is 2.66. The zero-order valence-electron chi connectivity index (χ0n) is 9.08. The third-order valence-electron chi connectivity index (χ3n) is 2.14. The molecule has 0 amide bonds. The third-order valence-corrected chi connectivity index (χ3v) is 2.14. The zero-order chi connectivity index (χ0) is 12.6. The molecule has 8 heteroatoms. The second-order valence-electron chi connectivity index (χ2n) is 3.29. The van der Waals surface area contributed by atoms with E-state index in [4.69, 9.17) is 0 Å². The number of carbonyl (C=O) groups excluding carboxylic acids is 1. The normalized spacial score (nSPS) is 10.5. The molecule has 0 aliphatic heterocycles. The summed E-state index contributed by atoms with van der Waals surface area (Å²) in [5, 5.41) is 14.8. The Morgan fingerprint density at radius 1 is 1.59 bits per heavy atom. The maximum absolute atomic E-state index is 11.3. The molecule has 2 heterocycles. The van der Waals surface area contributed by atoms with Gasteiger partial charge >= 0.3 is 11.7 Å². The molecule has 0 atom stereocenters. The van der Waals surface area contributed by atoms with Crippen molar-refractivity contribution in [3.8, 4) is 0 Å². The number of nitro groups is 1. The van der Waals surface area contributed by atoms with Gasteiger partial charge in [-0.1, -0.05) is 0 Å². The number of hydrogen-bond acceptors (Lipinski definition) is 6. The van der Waals surface area contributed by atoms with Gasteiger partial charge in [0.2, 0.25) is 5.65 Å². The maximum atomic E-state index is 11.3. The molecule has 2 aromatic rings. The minimum Gasteiger partial charge on any atom is -0.465 e. The van der Waals surface area contributed by atoms with E-state index >= 15 is 0 Å². The molecule has 0 aliphatic carbocycles. The van der Waals surface area contributed by atoms with Crippen LogP contribution in [0.25, 0.3) is 5.65 Å². The highest BCUT2D eigenvalue weighted by Crippen LogP contribution is 2.20. The van der Waals surface area contributed by atoms with E-state index < -0.39 is 10.9 Å².